The summed E-state index contributed by atoms with van der Waals surface area (Å²) in [7, 11) is 0. The fourth-order valence-corrected chi connectivity index (χ4v) is 2.70. The Morgan fingerprint density at radius 2 is 2.00 bits per heavy atom. The van der Waals surface area contributed by atoms with Gasteiger partial charge >= 0.3 is 6.09 Å². The van der Waals surface area contributed by atoms with E-state index < -0.39 is 5.60 Å². The highest BCUT2D eigenvalue weighted by molar-refractivity contribution is 5.69. The summed E-state index contributed by atoms with van der Waals surface area (Å²) in [6, 6.07) is 0.394. The predicted molar refractivity (Wildman–Crippen MR) is 73.4 cm³/mol. The summed E-state index contributed by atoms with van der Waals surface area (Å²) in [5, 5.41) is 2.91. The molecule has 20 heavy (non-hydrogen) atoms. The Balaban J connectivity index is 1.78. The molecule has 0 saturated heterocycles. The van der Waals surface area contributed by atoms with E-state index in [1.807, 2.05) is 25.5 Å². The molecule has 6 heteroatoms. The lowest BCUT2D eigenvalue weighted by molar-refractivity contribution is 0.0236. The van der Waals surface area contributed by atoms with Crippen LogP contribution in [0.15, 0.2) is 4.79 Å². The number of rotatable bonds is 1. The van der Waals surface area contributed by atoms with Crippen molar-refractivity contribution < 1.29 is 9.53 Å². The summed E-state index contributed by atoms with van der Waals surface area (Å²) in [4.78, 5) is 25.7. The van der Waals surface area contributed by atoms with Crippen LogP contribution in [-0.2, 0) is 17.8 Å². The Labute approximate surface area is 117 Å². The number of amides is 1. The number of aromatic amines is 1. The minimum Gasteiger partial charge on any atom is -0.444 e. The zero-order chi connectivity index (χ0) is 14.5. The van der Waals surface area contributed by atoms with Gasteiger partial charge in [0.2, 0.25) is 0 Å². The highest BCUT2D eigenvalue weighted by atomic mass is 16.6. The van der Waals surface area contributed by atoms with Gasteiger partial charge in [0.1, 0.15) is 5.60 Å². The molecule has 0 unspecified atom stereocenters. The van der Waals surface area contributed by atoms with E-state index in [1.54, 1.807) is 4.90 Å². The highest BCUT2D eigenvalue weighted by Crippen LogP contribution is 2.34. The van der Waals surface area contributed by atoms with E-state index in [0.29, 0.717) is 24.7 Å². The van der Waals surface area contributed by atoms with Crippen molar-refractivity contribution in [2.24, 2.45) is 0 Å². The average Bonchev–Trinajstić information content (AvgIpc) is 2.76. The molecule has 1 aromatic rings. The molecule has 0 spiro atoms. The number of hydrogen-bond acceptors (Lipinski definition) is 3. The topological polar surface area (TPSA) is 67.3 Å². The third kappa shape index (κ3) is 2.23. The number of carbonyl (C=O) groups excluding carboxylic acids is 1. The van der Waals surface area contributed by atoms with Crippen molar-refractivity contribution in [2.75, 3.05) is 0 Å². The van der Waals surface area contributed by atoms with Crippen LogP contribution in [0.1, 0.15) is 57.3 Å². The molecule has 0 radical (unpaired) electrons. The van der Waals surface area contributed by atoms with Crippen LogP contribution in [0.5, 0.6) is 0 Å². The Bertz CT molecular complexity index is 590. The number of ether oxygens (including phenoxy) is 1. The van der Waals surface area contributed by atoms with Crippen LogP contribution in [0.4, 0.5) is 4.79 Å². The minimum atomic E-state index is -0.514. The first-order valence-corrected chi connectivity index (χ1v) is 7.15. The van der Waals surface area contributed by atoms with E-state index in [0.717, 1.165) is 18.5 Å². The van der Waals surface area contributed by atoms with Gasteiger partial charge in [-0.3, -0.25) is 19.5 Å². The van der Waals surface area contributed by atoms with Crippen LogP contribution in [0.3, 0.4) is 0 Å². The highest BCUT2D eigenvalue weighted by Gasteiger charge is 2.34. The van der Waals surface area contributed by atoms with Gasteiger partial charge in [-0.2, -0.15) is 0 Å². The molecule has 1 saturated carbocycles. The van der Waals surface area contributed by atoms with Crippen LogP contribution in [0.2, 0.25) is 0 Å². The van der Waals surface area contributed by atoms with Crippen molar-refractivity contribution in [2.45, 2.75) is 64.8 Å². The molecule has 1 fully saturated rings. The summed E-state index contributed by atoms with van der Waals surface area (Å²) in [5.41, 5.74) is 1.08. The molecule has 1 N–H and O–H groups in total. The minimum absolute atomic E-state index is 0.0713. The zero-order valence-corrected chi connectivity index (χ0v) is 12.2. The summed E-state index contributed by atoms with van der Waals surface area (Å²) in [5.74, 6) is 0. The molecule has 0 bridgehead atoms. The monoisotopic (exact) mass is 279 g/mol. The fraction of sp³-hybridized carbons (Fsp3) is 0.714. The van der Waals surface area contributed by atoms with E-state index in [4.69, 9.17) is 4.74 Å². The standard InChI is InChI=1S/C14H21N3O3/c1-14(2,3)20-13(19)16-7-10-11(8-16)17(15-12(10)18)9-5-4-6-9/h9H,4-8H2,1-3H3,(H,15,18). The molecular formula is C14H21N3O3. The largest absolute Gasteiger partial charge is 0.444 e. The molecule has 0 atom stereocenters. The van der Waals surface area contributed by atoms with Gasteiger partial charge in [-0.15, -0.1) is 0 Å². The van der Waals surface area contributed by atoms with Gasteiger partial charge < -0.3 is 4.74 Å². The molecule has 1 aromatic heterocycles. The third-order valence-corrected chi connectivity index (χ3v) is 3.92. The molecule has 2 aliphatic rings. The quantitative estimate of drug-likeness (QED) is 0.856. The van der Waals surface area contributed by atoms with E-state index in [1.165, 1.54) is 6.42 Å². The van der Waals surface area contributed by atoms with E-state index >= 15 is 0 Å². The van der Waals surface area contributed by atoms with Gasteiger partial charge in [0, 0.05) is 0 Å². The molecule has 0 aromatic carbocycles. The van der Waals surface area contributed by atoms with Gasteiger partial charge in [-0.1, -0.05) is 0 Å². The van der Waals surface area contributed by atoms with Gasteiger partial charge in [-0.25, -0.2) is 4.79 Å². The average molecular weight is 279 g/mol. The number of aromatic nitrogens is 2. The van der Waals surface area contributed by atoms with Crippen LogP contribution in [0, 0.1) is 0 Å². The second-order valence-electron chi connectivity index (χ2n) is 6.66. The SMILES string of the molecule is CC(C)(C)OC(=O)N1Cc2c(n(C3CCC3)[nH]c2=O)C1. The smallest absolute Gasteiger partial charge is 0.410 e. The first-order valence-electron chi connectivity index (χ1n) is 7.15. The van der Waals surface area contributed by atoms with Gasteiger partial charge in [0.05, 0.1) is 30.4 Å². The number of hydrogen-bond donors (Lipinski definition) is 1. The summed E-state index contributed by atoms with van der Waals surface area (Å²) >= 11 is 0. The Kier molecular flexibility index (Phi) is 2.92. The van der Waals surface area contributed by atoms with Crippen molar-refractivity contribution in [3.8, 4) is 0 Å². The fourth-order valence-electron chi connectivity index (χ4n) is 2.70. The van der Waals surface area contributed by atoms with Crippen LogP contribution in [-0.4, -0.2) is 26.4 Å². The van der Waals surface area contributed by atoms with Crippen molar-refractivity contribution in [3.05, 3.63) is 21.6 Å². The Morgan fingerprint density at radius 1 is 1.30 bits per heavy atom. The summed E-state index contributed by atoms with van der Waals surface area (Å²) in [6.07, 6.45) is 3.05. The molecule has 1 aliphatic heterocycles. The molecule has 1 amide bonds. The van der Waals surface area contributed by atoms with Gasteiger partial charge in [0.25, 0.3) is 5.56 Å². The molecule has 6 nitrogen and oxygen atoms in total. The Morgan fingerprint density at radius 3 is 2.55 bits per heavy atom. The second-order valence-corrected chi connectivity index (χ2v) is 6.66. The summed E-state index contributed by atoms with van der Waals surface area (Å²) < 4.78 is 7.33. The van der Waals surface area contributed by atoms with E-state index in [9.17, 15) is 9.59 Å². The molecular weight excluding hydrogens is 258 g/mol. The lowest BCUT2D eigenvalue weighted by atomic mass is 9.93. The van der Waals surface area contributed by atoms with E-state index in [2.05, 4.69) is 5.10 Å². The van der Waals surface area contributed by atoms with Crippen LogP contribution in [0.25, 0.3) is 0 Å². The van der Waals surface area contributed by atoms with Crippen molar-refractivity contribution in [1.82, 2.24) is 14.7 Å². The van der Waals surface area contributed by atoms with E-state index in [-0.39, 0.29) is 11.7 Å². The first-order chi connectivity index (χ1) is 9.35. The zero-order valence-electron chi connectivity index (χ0n) is 12.2. The van der Waals surface area contributed by atoms with Gasteiger partial charge in [-0.05, 0) is 40.0 Å². The summed E-state index contributed by atoms with van der Waals surface area (Å²) in [6.45, 7) is 6.33. The molecule has 110 valence electrons. The van der Waals surface area contributed by atoms with Crippen LogP contribution >= 0.6 is 0 Å². The number of nitrogens with zero attached hydrogens (tertiary/aromatic N) is 2. The lowest BCUT2D eigenvalue weighted by Gasteiger charge is -2.28. The van der Waals surface area contributed by atoms with Crippen molar-refractivity contribution in [3.63, 3.8) is 0 Å². The first kappa shape index (κ1) is 13.3. The van der Waals surface area contributed by atoms with Crippen LogP contribution < -0.4 is 5.56 Å². The predicted octanol–water partition coefficient (Wildman–Crippen LogP) is 2.15. The Hall–Kier alpha value is -1.72. The third-order valence-electron chi connectivity index (χ3n) is 3.92. The molecule has 1 aliphatic carbocycles. The molecule has 2 heterocycles. The normalized spacial score (nSPS) is 18.9. The van der Waals surface area contributed by atoms with Gasteiger partial charge in [0.15, 0.2) is 0 Å². The maximum absolute atomic E-state index is 12.1. The van der Waals surface area contributed by atoms with Crippen molar-refractivity contribution >= 4 is 6.09 Å². The van der Waals surface area contributed by atoms with Crippen molar-refractivity contribution in [1.29, 1.82) is 0 Å². The number of nitrogens with one attached hydrogen (secondary N) is 1. The maximum Gasteiger partial charge on any atom is 0.410 e. The number of H-pyrrole nitrogens is 1. The number of fused-ring (bicyclic) bond motifs is 1. The second kappa shape index (κ2) is 4.40. The lowest BCUT2D eigenvalue weighted by Crippen LogP contribution is -2.34. The molecule has 3 rings (SSSR count). The number of carbonyl (C=O) groups is 1. The maximum atomic E-state index is 12.1.